The van der Waals surface area contributed by atoms with Crippen LogP contribution in [0.1, 0.15) is 48.1 Å². The minimum atomic E-state index is -4.77. The molecule has 0 radical (unpaired) electrons. The zero-order valence-electron chi connectivity index (χ0n) is 20.3. The van der Waals surface area contributed by atoms with E-state index in [0.29, 0.717) is 11.6 Å². The monoisotopic (exact) mass is 531 g/mol. The fraction of sp³-hybridized carbons (Fsp3) is 0.409. The van der Waals surface area contributed by atoms with Gasteiger partial charge < -0.3 is 15.4 Å². The van der Waals surface area contributed by atoms with Crippen LogP contribution >= 0.6 is 0 Å². The molecule has 3 aromatic rings. The third-order valence-electron chi connectivity index (χ3n) is 5.19. The van der Waals surface area contributed by atoms with Crippen LogP contribution in [-0.2, 0) is 19.4 Å². The SMILES string of the molecule is CCOc1nc(C(F)(F)F)cc(NC(=O)NC(C)c2cc(C)c(-c3cn(C)nc3C(F)(F)F)nn2)c1C. The first-order valence-electron chi connectivity index (χ1n) is 10.9. The van der Waals surface area contributed by atoms with Crippen molar-refractivity contribution in [1.29, 1.82) is 0 Å². The average molecular weight is 531 g/mol. The van der Waals surface area contributed by atoms with Gasteiger partial charge in [-0.25, -0.2) is 9.78 Å². The van der Waals surface area contributed by atoms with Gasteiger partial charge in [0.25, 0.3) is 0 Å². The third kappa shape index (κ3) is 6.27. The first-order chi connectivity index (χ1) is 17.1. The van der Waals surface area contributed by atoms with E-state index in [1.54, 1.807) is 6.92 Å². The topological polar surface area (TPSA) is 107 Å². The van der Waals surface area contributed by atoms with Crippen LogP contribution in [0.2, 0.25) is 0 Å². The number of amides is 2. The quantitative estimate of drug-likeness (QED) is 0.423. The van der Waals surface area contributed by atoms with Gasteiger partial charge in [-0.15, -0.1) is 5.10 Å². The summed E-state index contributed by atoms with van der Waals surface area (Å²) in [5.41, 5.74) is -2.04. The van der Waals surface area contributed by atoms with Crippen molar-refractivity contribution < 1.29 is 35.9 Å². The Kier molecular flexibility index (Phi) is 7.64. The minimum Gasteiger partial charge on any atom is -0.478 e. The fourth-order valence-corrected chi connectivity index (χ4v) is 3.42. The average Bonchev–Trinajstić information content (AvgIpc) is 3.17. The smallest absolute Gasteiger partial charge is 0.435 e. The summed E-state index contributed by atoms with van der Waals surface area (Å²) in [5, 5.41) is 16.2. The summed E-state index contributed by atoms with van der Waals surface area (Å²) in [7, 11) is 1.35. The van der Waals surface area contributed by atoms with E-state index >= 15 is 0 Å². The first kappa shape index (κ1) is 27.7. The molecule has 0 saturated heterocycles. The van der Waals surface area contributed by atoms with E-state index in [-0.39, 0.29) is 40.7 Å². The van der Waals surface area contributed by atoms with Crippen LogP contribution in [0.3, 0.4) is 0 Å². The van der Waals surface area contributed by atoms with E-state index in [9.17, 15) is 31.1 Å². The van der Waals surface area contributed by atoms with Crippen LogP contribution in [-0.4, -0.2) is 37.6 Å². The van der Waals surface area contributed by atoms with E-state index in [1.165, 1.54) is 40.1 Å². The van der Waals surface area contributed by atoms with Gasteiger partial charge in [-0.1, -0.05) is 0 Å². The maximum Gasteiger partial charge on any atom is 0.435 e. The van der Waals surface area contributed by atoms with E-state index in [0.717, 1.165) is 4.68 Å². The molecule has 9 nitrogen and oxygen atoms in total. The minimum absolute atomic E-state index is 0.0311. The molecule has 1 atom stereocenters. The molecule has 1 unspecified atom stereocenters. The summed E-state index contributed by atoms with van der Waals surface area (Å²) in [6.07, 6.45) is -8.29. The van der Waals surface area contributed by atoms with Crippen molar-refractivity contribution in [3.63, 3.8) is 0 Å². The van der Waals surface area contributed by atoms with Crippen molar-refractivity contribution in [3.05, 3.63) is 46.5 Å². The van der Waals surface area contributed by atoms with Crippen LogP contribution in [0.25, 0.3) is 11.3 Å². The molecular weight excluding hydrogens is 508 g/mol. The van der Waals surface area contributed by atoms with Crippen molar-refractivity contribution in [2.24, 2.45) is 7.05 Å². The summed E-state index contributed by atoms with van der Waals surface area (Å²) in [6.45, 7) is 6.14. The standard InChI is InChI=1S/C22H23F6N7O2/c1-6-37-19-11(3)14(8-16(31-19)21(23,24)25)30-20(36)29-12(4)15-7-10(2)17(33-32-15)13-9-35(5)34-18(13)22(26,27)28/h7-9,12H,6H2,1-5H3,(H2,29,30,31,36). The number of rotatable bonds is 6. The predicted octanol–water partition coefficient (Wildman–Crippen LogP) is 5.21. The zero-order valence-corrected chi connectivity index (χ0v) is 20.3. The normalized spacial score (nSPS) is 12.8. The lowest BCUT2D eigenvalue weighted by Gasteiger charge is -2.18. The molecule has 0 aliphatic rings. The number of aryl methyl sites for hydroxylation is 2. The maximum atomic E-state index is 13.3. The molecule has 0 saturated carbocycles. The fourth-order valence-electron chi connectivity index (χ4n) is 3.42. The molecule has 0 bridgehead atoms. The number of halogens is 6. The van der Waals surface area contributed by atoms with Crippen LogP contribution < -0.4 is 15.4 Å². The molecule has 2 amide bonds. The van der Waals surface area contributed by atoms with Crippen LogP contribution in [0.4, 0.5) is 36.8 Å². The van der Waals surface area contributed by atoms with Crippen molar-refractivity contribution in [1.82, 2.24) is 30.3 Å². The Morgan fingerprint density at radius 1 is 1.11 bits per heavy atom. The summed E-state index contributed by atoms with van der Waals surface area (Å²) in [6, 6.07) is 0.486. The molecule has 0 spiro atoms. The number of aromatic nitrogens is 5. The van der Waals surface area contributed by atoms with Crippen molar-refractivity contribution in [2.45, 2.75) is 46.1 Å². The van der Waals surface area contributed by atoms with E-state index < -0.39 is 35.8 Å². The Labute approximate surface area is 207 Å². The zero-order chi connectivity index (χ0) is 27.7. The number of anilines is 1. The van der Waals surface area contributed by atoms with Crippen molar-refractivity contribution in [3.8, 4) is 17.1 Å². The summed E-state index contributed by atoms with van der Waals surface area (Å²) in [5.74, 6) is -0.272. The highest BCUT2D eigenvalue weighted by Gasteiger charge is 2.38. The van der Waals surface area contributed by atoms with E-state index in [4.69, 9.17) is 4.74 Å². The Morgan fingerprint density at radius 3 is 2.35 bits per heavy atom. The lowest BCUT2D eigenvalue weighted by molar-refractivity contribution is -0.142. The molecule has 0 aliphatic heterocycles. The largest absolute Gasteiger partial charge is 0.478 e. The molecule has 3 rings (SSSR count). The Hall–Kier alpha value is -3.91. The van der Waals surface area contributed by atoms with Gasteiger partial charge in [0.15, 0.2) is 11.4 Å². The van der Waals surface area contributed by atoms with E-state index in [2.05, 4.69) is 30.9 Å². The van der Waals surface area contributed by atoms with Gasteiger partial charge in [0, 0.05) is 18.8 Å². The van der Waals surface area contributed by atoms with Gasteiger partial charge in [0.2, 0.25) is 5.88 Å². The van der Waals surface area contributed by atoms with Gasteiger partial charge >= 0.3 is 18.4 Å². The first-order valence-corrected chi connectivity index (χ1v) is 10.9. The van der Waals surface area contributed by atoms with Crippen molar-refractivity contribution >= 4 is 11.7 Å². The number of carbonyl (C=O) groups excluding carboxylic acids is 1. The molecular formula is C22H23F6N7O2. The van der Waals surface area contributed by atoms with Crippen LogP contribution in [0.15, 0.2) is 18.3 Å². The molecule has 2 N–H and O–H groups in total. The number of hydrogen-bond acceptors (Lipinski definition) is 6. The van der Waals surface area contributed by atoms with Gasteiger partial charge in [-0.3, -0.25) is 4.68 Å². The molecule has 37 heavy (non-hydrogen) atoms. The number of ether oxygens (including phenoxy) is 1. The maximum absolute atomic E-state index is 13.3. The predicted molar refractivity (Wildman–Crippen MR) is 120 cm³/mol. The number of alkyl halides is 6. The highest BCUT2D eigenvalue weighted by Crippen LogP contribution is 2.37. The van der Waals surface area contributed by atoms with Gasteiger partial charge in [-0.05, 0) is 45.4 Å². The number of nitrogens with one attached hydrogen (secondary N) is 2. The summed E-state index contributed by atoms with van der Waals surface area (Å²) < 4.78 is 85.9. The summed E-state index contributed by atoms with van der Waals surface area (Å²) >= 11 is 0. The third-order valence-corrected chi connectivity index (χ3v) is 5.19. The summed E-state index contributed by atoms with van der Waals surface area (Å²) in [4.78, 5) is 16.0. The van der Waals surface area contributed by atoms with Crippen LogP contribution in [0, 0.1) is 13.8 Å². The highest BCUT2D eigenvalue weighted by atomic mass is 19.4. The number of carbonyl (C=O) groups is 1. The Bertz CT molecular complexity index is 1300. The Morgan fingerprint density at radius 2 is 1.78 bits per heavy atom. The molecule has 15 heteroatoms. The lowest BCUT2D eigenvalue weighted by atomic mass is 10.1. The van der Waals surface area contributed by atoms with Crippen LogP contribution in [0.5, 0.6) is 5.88 Å². The molecule has 0 fully saturated rings. The van der Waals surface area contributed by atoms with Gasteiger partial charge in [-0.2, -0.15) is 36.5 Å². The second kappa shape index (κ2) is 10.2. The van der Waals surface area contributed by atoms with Gasteiger partial charge in [0.05, 0.1) is 35.3 Å². The second-order valence-electron chi connectivity index (χ2n) is 8.10. The Balaban J connectivity index is 1.81. The molecule has 0 aliphatic carbocycles. The van der Waals surface area contributed by atoms with Gasteiger partial charge in [0.1, 0.15) is 0 Å². The van der Waals surface area contributed by atoms with Crippen molar-refractivity contribution in [2.75, 3.05) is 11.9 Å². The lowest BCUT2D eigenvalue weighted by Crippen LogP contribution is -2.32. The molecule has 3 aromatic heterocycles. The number of hydrogen-bond donors (Lipinski definition) is 2. The number of nitrogens with zero attached hydrogens (tertiary/aromatic N) is 5. The number of urea groups is 1. The highest BCUT2D eigenvalue weighted by molar-refractivity contribution is 5.90. The molecule has 3 heterocycles. The second-order valence-corrected chi connectivity index (χ2v) is 8.10. The van der Waals surface area contributed by atoms with E-state index in [1.807, 2.05) is 0 Å². The number of pyridine rings is 1. The molecule has 0 aromatic carbocycles. The molecule has 200 valence electrons.